The lowest BCUT2D eigenvalue weighted by atomic mass is 10.2. The Hall–Kier alpha value is -1.16. The molecule has 0 spiro atoms. The molecule has 0 aromatic heterocycles. The van der Waals surface area contributed by atoms with Gasteiger partial charge in [0.25, 0.3) is 0 Å². The average molecular weight is 304 g/mol. The van der Waals surface area contributed by atoms with Gasteiger partial charge in [-0.3, -0.25) is 4.79 Å². The van der Waals surface area contributed by atoms with Gasteiger partial charge in [0, 0.05) is 29.8 Å². The number of carbonyl (C=O) groups is 1. The molecule has 1 fully saturated rings. The number of likely N-dealkylation sites (tertiary alicyclic amines) is 1. The predicted octanol–water partition coefficient (Wildman–Crippen LogP) is 3.39. The second-order valence-electron chi connectivity index (χ2n) is 6.07. The molecule has 0 aliphatic carbocycles. The van der Waals surface area contributed by atoms with Crippen LogP contribution in [-0.2, 0) is 4.79 Å². The average Bonchev–Trinajstić information content (AvgIpc) is 2.76. The van der Waals surface area contributed by atoms with Gasteiger partial charge in [-0.1, -0.05) is 31.9 Å². The van der Waals surface area contributed by atoms with Crippen LogP contribution in [0, 0.1) is 0 Å². The molecule has 0 unspecified atom stereocenters. The topological polar surface area (TPSA) is 23.6 Å². The van der Waals surface area contributed by atoms with E-state index in [9.17, 15) is 4.79 Å². The first-order valence-electron chi connectivity index (χ1n) is 8.02. The number of hydrogen-bond donors (Lipinski definition) is 0. The van der Waals surface area contributed by atoms with E-state index in [1.807, 2.05) is 11.8 Å². The van der Waals surface area contributed by atoms with E-state index in [1.165, 1.54) is 23.4 Å². The summed E-state index contributed by atoms with van der Waals surface area (Å²) in [7, 11) is 0. The van der Waals surface area contributed by atoms with E-state index in [4.69, 9.17) is 0 Å². The fourth-order valence-corrected chi connectivity index (χ4v) is 4.38. The molecule has 1 amide bonds. The maximum Gasteiger partial charge on any atom is 0.242 e. The number of benzene rings is 1. The normalized spacial score (nSPS) is 22.6. The Balaban J connectivity index is 1.70. The second-order valence-corrected chi connectivity index (χ2v) is 7.55. The van der Waals surface area contributed by atoms with Crippen molar-refractivity contribution in [3.63, 3.8) is 0 Å². The molecule has 0 bridgehead atoms. The summed E-state index contributed by atoms with van der Waals surface area (Å²) < 4.78 is 0. The van der Waals surface area contributed by atoms with Crippen molar-refractivity contribution >= 4 is 23.4 Å². The number of rotatable bonds is 2. The summed E-state index contributed by atoms with van der Waals surface area (Å²) in [5.41, 5.74) is 1.23. The van der Waals surface area contributed by atoms with E-state index >= 15 is 0 Å². The standard InChI is InChI=1S/C17H24N2OS/c1-14-12-19(15-8-4-5-9-16(15)21-14)13-17(20)18-10-6-2-3-7-11-18/h4-5,8-9,14H,2-3,6-7,10-13H2,1H3/t14-/m1/s1. The zero-order valence-electron chi connectivity index (χ0n) is 12.8. The Morgan fingerprint density at radius 1 is 1.19 bits per heavy atom. The molecular formula is C17H24N2OS. The largest absolute Gasteiger partial charge is 0.360 e. The highest BCUT2D eigenvalue weighted by Gasteiger charge is 2.25. The number of anilines is 1. The monoisotopic (exact) mass is 304 g/mol. The molecule has 2 aliphatic heterocycles. The highest BCUT2D eigenvalue weighted by Crippen LogP contribution is 2.37. The first kappa shape index (κ1) is 14.8. The maximum absolute atomic E-state index is 12.6. The zero-order chi connectivity index (χ0) is 14.7. The van der Waals surface area contributed by atoms with Crippen molar-refractivity contribution < 1.29 is 4.79 Å². The van der Waals surface area contributed by atoms with E-state index in [0.29, 0.717) is 17.7 Å². The molecule has 3 nitrogen and oxygen atoms in total. The van der Waals surface area contributed by atoms with Crippen LogP contribution in [0.5, 0.6) is 0 Å². The second kappa shape index (κ2) is 6.73. The third-order valence-electron chi connectivity index (χ3n) is 4.30. The summed E-state index contributed by atoms with van der Waals surface area (Å²) in [5.74, 6) is 0.297. The first-order chi connectivity index (χ1) is 10.2. The van der Waals surface area contributed by atoms with Crippen LogP contribution in [0.1, 0.15) is 32.6 Å². The van der Waals surface area contributed by atoms with Gasteiger partial charge in [0.05, 0.1) is 12.2 Å². The summed E-state index contributed by atoms with van der Waals surface area (Å²) >= 11 is 1.92. The minimum atomic E-state index is 0.297. The molecule has 1 aromatic rings. The van der Waals surface area contributed by atoms with Crippen LogP contribution in [-0.4, -0.2) is 42.2 Å². The fraction of sp³-hybridized carbons (Fsp3) is 0.588. The van der Waals surface area contributed by atoms with Gasteiger partial charge in [-0.2, -0.15) is 0 Å². The highest BCUT2D eigenvalue weighted by atomic mass is 32.2. The molecule has 2 heterocycles. The van der Waals surface area contributed by atoms with E-state index < -0.39 is 0 Å². The Morgan fingerprint density at radius 3 is 2.67 bits per heavy atom. The number of thioether (sulfide) groups is 1. The molecule has 1 atom stereocenters. The van der Waals surface area contributed by atoms with Crippen LogP contribution < -0.4 is 4.90 Å². The van der Waals surface area contributed by atoms with Gasteiger partial charge in [-0.05, 0) is 25.0 Å². The summed E-state index contributed by atoms with van der Waals surface area (Å²) in [5, 5.41) is 0.539. The predicted molar refractivity (Wildman–Crippen MR) is 89.0 cm³/mol. The molecule has 0 radical (unpaired) electrons. The SMILES string of the molecule is C[C@@H]1CN(CC(=O)N2CCCCCC2)c2ccccc2S1. The van der Waals surface area contributed by atoms with Crippen molar-refractivity contribution in [3.05, 3.63) is 24.3 Å². The lowest BCUT2D eigenvalue weighted by molar-refractivity contribution is -0.129. The molecule has 1 saturated heterocycles. The highest BCUT2D eigenvalue weighted by molar-refractivity contribution is 8.00. The maximum atomic E-state index is 12.6. The van der Waals surface area contributed by atoms with Crippen molar-refractivity contribution in [1.29, 1.82) is 0 Å². The summed E-state index contributed by atoms with van der Waals surface area (Å²) in [6, 6.07) is 8.46. The van der Waals surface area contributed by atoms with Gasteiger partial charge < -0.3 is 9.80 Å². The van der Waals surface area contributed by atoms with Gasteiger partial charge in [0.1, 0.15) is 0 Å². The molecule has 2 aliphatic rings. The van der Waals surface area contributed by atoms with E-state index in [0.717, 1.165) is 32.5 Å². The lowest BCUT2D eigenvalue weighted by Gasteiger charge is -2.35. The smallest absolute Gasteiger partial charge is 0.242 e. The number of carbonyl (C=O) groups excluding carboxylic acids is 1. The lowest BCUT2D eigenvalue weighted by Crippen LogP contribution is -2.44. The first-order valence-corrected chi connectivity index (χ1v) is 8.90. The Morgan fingerprint density at radius 2 is 1.90 bits per heavy atom. The number of fused-ring (bicyclic) bond motifs is 1. The number of para-hydroxylation sites is 1. The number of nitrogens with zero attached hydrogens (tertiary/aromatic N) is 2. The quantitative estimate of drug-likeness (QED) is 0.837. The van der Waals surface area contributed by atoms with Crippen molar-refractivity contribution in [2.45, 2.75) is 42.8 Å². The van der Waals surface area contributed by atoms with Gasteiger partial charge in [0.15, 0.2) is 0 Å². The van der Waals surface area contributed by atoms with Gasteiger partial charge in [-0.15, -0.1) is 11.8 Å². The third-order valence-corrected chi connectivity index (χ3v) is 5.45. The molecular weight excluding hydrogens is 280 g/mol. The molecule has 0 saturated carbocycles. The molecule has 0 N–H and O–H groups in total. The van der Waals surface area contributed by atoms with Crippen LogP contribution in [0.15, 0.2) is 29.2 Å². The van der Waals surface area contributed by atoms with Crippen LogP contribution in [0.2, 0.25) is 0 Å². The van der Waals surface area contributed by atoms with Gasteiger partial charge in [-0.25, -0.2) is 0 Å². The zero-order valence-corrected chi connectivity index (χ0v) is 13.6. The van der Waals surface area contributed by atoms with Crippen LogP contribution in [0.25, 0.3) is 0 Å². The van der Waals surface area contributed by atoms with Gasteiger partial charge in [0.2, 0.25) is 5.91 Å². The number of hydrogen-bond acceptors (Lipinski definition) is 3. The molecule has 21 heavy (non-hydrogen) atoms. The molecule has 1 aromatic carbocycles. The minimum absolute atomic E-state index is 0.297. The number of amides is 1. The minimum Gasteiger partial charge on any atom is -0.360 e. The Bertz CT molecular complexity index is 497. The summed E-state index contributed by atoms with van der Waals surface area (Å²) in [4.78, 5) is 18.3. The van der Waals surface area contributed by atoms with E-state index in [2.05, 4.69) is 41.0 Å². The Labute approximate surface area is 131 Å². The van der Waals surface area contributed by atoms with Crippen molar-refractivity contribution in [2.24, 2.45) is 0 Å². The summed E-state index contributed by atoms with van der Waals surface area (Å²) in [6.07, 6.45) is 4.86. The van der Waals surface area contributed by atoms with Crippen LogP contribution in [0.3, 0.4) is 0 Å². The van der Waals surface area contributed by atoms with E-state index in [-0.39, 0.29) is 0 Å². The molecule has 4 heteroatoms. The summed E-state index contributed by atoms with van der Waals surface area (Å²) in [6.45, 7) is 5.62. The fourth-order valence-electron chi connectivity index (χ4n) is 3.21. The Kier molecular flexibility index (Phi) is 4.73. The van der Waals surface area contributed by atoms with Crippen molar-refractivity contribution in [1.82, 2.24) is 4.90 Å². The molecule has 114 valence electrons. The van der Waals surface area contributed by atoms with Gasteiger partial charge >= 0.3 is 0 Å². The van der Waals surface area contributed by atoms with Crippen molar-refractivity contribution in [2.75, 3.05) is 31.1 Å². The van der Waals surface area contributed by atoms with Crippen LogP contribution in [0.4, 0.5) is 5.69 Å². The molecule has 3 rings (SSSR count). The van der Waals surface area contributed by atoms with E-state index in [1.54, 1.807) is 0 Å². The third kappa shape index (κ3) is 3.54. The van der Waals surface area contributed by atoms with Crippen molar-refractivity contribution in [3.8, 4) is 0 Å². The van der Waals surface area contributed by atoms with Crippen LogP contribution >= 0.6 is 11.8 Å².